The summed E-state index contributed by atoms with van der Waals surface area (Å²) >= 11 is 0. The van der Waals surface area contributed by atoms with Crippen molar-refractivity contribution in [3.63, 3.8) is 0 Å². The number of rotatable bonds is 3. The Morgan fingerprint density at radius 3 is 2.11 bits per heavy atom. The highest BCUT2D eigenvalue weighted by Crippen LogP contribution is 2.39. The molecule has 102 valence electrons. The van der Waals surface area contributed by atoms with Crippen LogP contribution in [-0.4, -0.2) is 11.4 Å². The van der Waals surface area contributed by atoms with Gasteiger partial charge in [-0.3, -0.25) is 4.79 Å². The minimum atomic E-state index is -0.680. The molecule has 0 saturated carbocycles. The van der Waals surface area contributed by atoms with Crippen LogP contribution in [0.4, 0.5) is 0 Å². The summed E-state index contributed by atoms with van der Waals surface area (Å²) in [4.78, 5) is 10.6. The van der Waals surface area contributed by atoms with Gasteiger partial charge in [0.1, 0.15) is 5.54 Å². The lowest BCUT2D eigenvalue weighted by Gasteiger charge is -2.22. The van der Waals surface area contributed by atoms with Gasteiger partial charge in [-0.1, -0.05) is 25.5 Å². The molecule has 1 N–H and O–H groups in total. The Labute approximate surface area is 115 Å². The number of benzene rings is 1. The molecule has 0 fully saturated rings. The number of aryl methyl sites for hydroxylation is 2. The molecule has 2 aliphatic rings. The lowest BCUT2D eigenvalue weighted by atomic mass is 9.82. The minimum absolute atomic E-state index is 0.150. The molecule has 1 amide bonds. The highest BCUT2D eigenvalue weighted by Gasteiger charge is 2.22. The third-order valence-corrected chi connectivity index (χ3v) is 3.27. The van der Waals surface area contributed by atoms with Crippen LogP contribution >= 0.6 is 0 Å². The van der Waals surface area contributed by atoms with E-state index in [2.05, 4.69) is 37.4 Å². The van der Waals surface area contributed by atoms with E-state index < -0.39 is 5.54 Å². The predicted molar refractivity (Wildman–Crippen MR) is 77.7 cm³/mol. The van der Waals surface area contributed by atoms with Crippen LogP contribution < -0.4 is 5.32 Å². The van der Waals surface area contributed by atoms with Crippen LogP contribution in [0.15, 0.2) is 12.1 Å². The van der Waals surface area contributed by atoms with Crippen molar-refractivity contribution >= 4 is 5.91 Å². The minimum Gasteiger partial charge on any atom is -0.338 e. The second-order valence-corrected chi connectivity index (χ2v) is 5.36. The Morgan fingerprint density at radius 2 is 1.89 bits per heavy atom. The van der Waals surface area contributed by atoms with Crippen molar-refractivity contribution in [1.82, 2.24) is 5.32 Å². The number of amides is 1. The molecule has 0 saturated heterocycles. The highest BCUT2D eigenvalue weighted by atomic mass is 16.1. The maximum absolute atomic E-state index is 10.6. The average Bonchev–Trinajstić information content (AvgIpc) is 2.27. The summed E-state index contributed by atoms with van der Waals surface area (Å²) in [6.45, 7) is 9.46. The Morgan fingerprint density at radius 1 is 1.37 bits per heavy atom. The maximum atomic E-state index is 10.6. The zero-order valence-electron chi connectivity index (χ0n) is 12.4. The summed E-state index contributed by atoms with van der Waals surface area (Å²) in [5.41, 5.74) is 5.21. The van der Waals surface area contributed by atoms with Gasteiger partial charge >= 0.3 is 0 Å². The molecule has 1 unspecified atom stereocenters. The van der Waals surface area contributed by atoms with Crippen LogP contribution in [-0.2, 0) is 4.79 Å². The van der Waals surface area contributed by atoms with Crippen molar-refractivity contribution in [2.24, 2.45) is 0 Å². The lowest BCUT2D eigenvalue weighted by Crippen LogP contribution is -2.43. The molecule has 3 nitrogen and oxygen atoms in total. The van der Waals surface area contributed by atoms with Gasteiger partial charge in [-0.25, -0.2) is 0 Å². The third kappa shape index (κ3) is 3.57. The molecule has 2 aliphatic carbocycles. The Balaban J connectivity index is 0.000000196. The molecule has 0 heterocycles. The van der Waals surface area contributed by atoms with Crippen LogP contribution in [0.1, 0.15) is 44.7 Å². The van der Waals surface area contributed by atoms with E-state index >= 15 is 0 Å². The van der Waals surface area contributed by atoms with E-state index in [1.807, 2.05) is 6.92 Å². The molecule has 0 bridgehead atoms. The summed E-state index contributed by atoms with van der Waals surface area (Å²) in [5.74, 6) is -0.150. The van der Waals surface area contributed by atoms with Crippen LogP contribution in [0.3, 0.4) is 0 Å². The van der Waals surface area contributed by atoms with Crippen molar-refractivity contribution in [3.05, 3.63) is 23.3 Å². The number of hydrogen-bond acceptors (Lipinski definition) is 2. The van der Waals surface area contributed by atoms with E-state index in [1.165, 1.54) is 29.2 Å². The Hall–Kier alpha value is -1.82. The van der Waals surface area contributed by atoms with Crippen molar-refractivity contribution in [1.29, 1.82) is 5.26 Å². The second-order valence-electron chi connectivity index (χ2n) is 5.36. The average molecular weight is 258 g/mol. The molecule has 0 aromatic carbocycles. The molecular weight excluding hydrogens is 236 g/mol. The molecule has 19 heavy (non-hydrogen) atoms. The van der Waals surface area contributed by atoms with E-state index in [1.54, 1.807) is 6.92 Å². The Bertz CT molecular complexity index is 505. The predicted octanol–water partition coefficient (Wildman–Crippen LogP) is 3.49. The summed E-state index contributed by atoms with van der Waals surface area (Å²) in [6.07, 6.45) is 1.59. The van der Waals surface area contributed by atoms with Crippen LogP contribution in [0.25, 0.3) is 11.1 Å². The first kappa shape index (κ1) is 15.2. The molecule has 2 rings (SSSR count). The fourth-order valence-corrected chi connectivity index (χ4v) is 2.44. The zero-order valence-corrected chi connectivity index (χ0v) is 12.4. The maximum Gasteiger partial charge on any atom is 0.218 e. The van der Waals surface area contributed by atoms with Crippen molar-refractivity contribution in [3.8, 4) is 17.2 Å². The lowest BCUT2D eigenvalue weighted by molar-refractivity contribution is -0.120. The summed E-state index contributed by atoms with van der Waals surface area (Å²) in [7, 11) is 0. The topological polar surface area (TPSA) is 52.9 Å². The van der Waals surface area contributed by atoms with E-state index in [4.69, 9.17) is 5.26 Å². The van der Waals surface area contributed by atoms with Crippen LogP contribution in [0, 0.1) is 25.2 Å². The molecular formula is C16H22N2O. The van der Waals surface area contributed by atoms with Crippen molar-refractivity contribution in [2.75, 3.05) is 0 Å². The van der Waals surface area contributed by atoms with Crippen LogP contribution in [0.2, 0.25) is 0 Å². The molecule has 3 heteroatoms. The van der Waals surface area contributed by atoms with Gasteiger partial charge in [0.25, 0.3) is 0 Å². The summed E-state index contributed by atoms with van der Waals surface area (Å²) in [5, 5.41) is 11.3. The first-order valence-electron chi connectivity index (χ1n) is 6.64. The van der Waals surface area contributed by atoms with Gasteiger partial charge in [0.15, 0.2) is 0 Å². The van der Waals surface area contributed by atoms with Gasteiger partial charge in [-0.05, 0) is 49.4 Å². The number of nitriles is 1. The number of nitrogens with one attached hydrogen (secondary N) is 1. The van der Waals surface area contributed by atoms with E-state index in [-0.39, 0.29) is 5.91 Å². The normalized spacial score (nSPS) is 13.5. The number of carbonyl (C=O) groups is 1. The zero-order chi connectivity index (χ0) is 14.6. The molecule has 0 spiro atoms. The molecule has 1 atom stereocenters. The number of fused-ring (bicyclic) bond motifs is 1. The molecule has 0 aliphatic heterocycles. The largest absolute Gasteiger partial charge is 0.338 e. The quantitative estimate of drug-likeness (QED) is 0.916. The van der Waals surface area contributed by atoms with E-state index in [9.17, 15) is 4.79 Å². The van der Waals surface area contributed by atoms with Crippen molar-refractivity contribution in [2.45, 2.75) is 53.0 Å². The van der Waals surface area contributed by atoms with Gasteiger partial charge in [0, 0.05) is 6.92 Å². The van der Waals surface area contributed by atoms with E-state index in [0.717, 1.165) is 6.42 Å². The van der Waals surface area contributed by atoms with Gasteiger partial charge in [0.05, 0.1) is 6.07 Å². The fourth-order valence-electron chi connectivity index (χ4n) is 2.44. The van der Waals surface area contributed by atoms with Crippen LogP contribution in [0.5, 0.6) is 0 Å². The SMILES string of the molecule is CCCC(C)(C#N)NC(C)=O.Cc1cc2cc(C)c1-2. The van der Waals surface area contributed by atoms with Gasteiger partial charge in [-0.15, -0.1) is 0 Å². The standard InChI is InChI=1S/C8H14N2O.C8H8/c1-4-5-8(3,6-9)10-7(2)11;1-5-3-7-4-6(2)8(5)7/h4-5H2,1-3H3,(H,10,11);3-4H,1-2H3. The highest BCUT2D eigenvalue weighted by molar-refractivity contribution is 5.84. The monoisotopic (exact) mass is 258 g/mol. The van der Waals surface area contributed by atoms with Gasteiger partial charge < -0.3 is 5.32 Å². The molecule has 0 radical (unpaired) electrons. The third-order valence-electron chi connectivity index (χ3n) is 3.27. The summed E-state index contributed by atoms with van der Waals surface area (Å²) in [6, 6.07) is 6.53. The summed E-state index contributed by atoms with van der Waals surface area (Å²) < 4.78 is 0. The number of carbonyl (C=O) groups excluding carboxylic acids is 1. The first-order chi connectivity index (χ1) is 8.83. The molecule has 0 aromatic rings. The Kier molecular flexibility index (Phi) is 4.72. The van der Waals surface area contributed by atoms with Gasteiger partial charge in [0.2, 0.25) is 5.91 Å². The number of nitrogens with zero attached hydrogens (tertiary/aromatic N) is 1. The van der Waals surface area contributed by atoms with Gasteiger partial charge in [-0.2, -0.15) is 5.26 Å². The fraction of sp³-hybridized carbons (Fsp3) is 0.500. The first-order valence-corrected chi connectivity index (χ1v) is 6.64. The van der Waals surface area contributed by atoms with E-state index in [0.29, 0.717) is 6.42 Å². The second kappa shape index (κ2) is 5.88. The molecule has 0 aromatic heterocycles. The smallest absolute Gasteiger partial charge is 0.218 e. The van der Waals surface area contributed by atoms with Crippen molar-refractivity contribution < 1.29 is 4.79 Å². The number of hydrogen-bond donors (Lipinski definition) is 1.